The van der Waals surface area contributed by atoms with Gasteiger partial charge in [-0.1, -0.05) is 28.9 Å². The molecule has 94 valence electrons. The molecule has 1 aliphatic heterocycles. The zero-order valence-corrected chi connectivity index (χ0v) is 12.1. The fourth-order valence-electron chi connectivity index (χ4n) is 2.39. The van der Waals surface area contributed by atoms with E-state index in [0.717, 1.165) is 29.0 Å². The number of piperidine rings is 1. The van der Waals surface area contributed by atoms with Gasteiger partial charge in [0.1, 0.15) is 0 Å². The normalized spacial score (nSPS) is 19.4. The predicted molar refractivity (Wildman–Crippen MR) is 75.4 cm³/mol. The molecule has 1 atom stereocenters. The first-order valence-corrected chi connectivity index (χ1v) is 7.09. The Labute approximate surface area is 112 Å². The van der Waals surface area contributed by atoms with Gasteiger partial charge in [0.25, 0.3) is 0 Å². The van der Waals surface area contributed by atoms with Gasteiger partial charge in [-0.3, -0.25) is 0 Å². The van der Waals surface area contributed by atoms with Crippen molar-refractivity contribution in [3.8, 4) is 0 Å². The fraction of sp³-hybridized carbons (Fsp3) is 0.571. The Bertz CT molecular complexity index is 384. The van der Waals surface area contributed by atoms with Crippen molar-refractivity contribution < 1.29 is 5.11 Å². The largest absolute Gasteiger partial charge is 0.389 e. The molecule has 0 radical (unpaired) electrons. The van der Waals surface area contributed by atoms with Gasteiger partial charge in [0, 0.05) is 28.8 Å². The Morgan fingerprint density at radius 3 is 2.59 bits per heavy atom. The van der Waals surface area contributed by atoms with Crippen LogP contribution < -0.4 is 4.90 Å². The summed E-state index contributed by atoms with van der Waals surface area (Å²) >= 11 is 3.52. The van der Waals surface area contributed by atoms with Crippen LogP contribution in [0.3, 0.4) is 0 Å². The van der Waals surface area contributed by atoms with Crippen molar-refractivity contribution in [2.75, 3.05) is 18.0 Å². The van der Waals surface area contributed by atoms with Crippen LogP contribution in [0.5, 0.6) is 0 Å². The van der Waals surface area contributed by atoms with E-state index in [1.54, 1.807) is 0 Å². The number of benzene rings is 1. The van der Waals surface area contributed by atoms with Gasteiger partial charge in [-0.25, -0.2) is 0 Å². The highest BCUT2D eigenvalue weighted by molar-refractivity contribution is 9.10. The lowest BCUT2D eigenvalue weighted by Gasteiger charge is -2.34. The van der Waals surface area contributed by atoms with Gasteiger partial charge in [0.2, 0.25) is 0 Å². The summed E-state index contributed by atoms with van der Waals surface area (Å²) in [6.07, 6.45) is 2.08. The zero-order valence-electron chi connectivity index (χ0n) is 10.5. The molecule has 2 rings (SSSR count). The van der Waals surface area contributed by atoms with E-state index in [9.17, 15) is 5.11 Å². The van der Waals surface area contributed by atoms with E-state index in [-0.39, 0.29) is 0 Å². The SMILES string of the molecule is CC1CCN(c2cc(Br)ccc2C(C)O)CC1. The minimum atomic E-state index is -0.405. The van der Waals surface area contributed by atoms with Crippen molar-refractivity contribution in [2.24, 2.45) is 5.92 Å². The standard InChI is InChI=1S/C14H20BrNO/c1-10-5-7-16(8-6-10)14-9-12(15)3-4-13(14)11(2)17/h3-4,9-11,17H,5-8H2,1-2H3. The lowest BCUT2D eigenvalue weighted by atomic mass is 9.97. The number of hydrogen-bond donors (Lipinski definition) is 1. The van der Waals surface area contributed by atoms with E-state index in [0.29, 0.717) is 0 Å². The summed E-state index contributed by atoms with van der Waals surface area (Å²) < 4.78 is 1.08. The molecule has 1 unspecified atom stereocenters. The number of anilines is 1. The monoisotopic (exact) mass is 297 g/mol. The number of hydrogen-bond acceptors (Lipinski definition) is 2. The second-order valence-corrected chi connectivity index (χ2v) is 5.96. The summed E-state index contributed by atoms with van der Waals surface area (Å²) in [6, 6.07) is 6.14. The number of aliphatic hydroxyl groups is 1. The maximum Gasteiger partial charge on any atom is 0.0782 e. The maximum absolute atomic E-state index is 9.84. The molecule has 0 amide bonds. The minimum Gasteiger partial charge on any atom is -0.389 e. The second kappa shape index (κ2) is 5.40. The van der Waals surface area contributed by atoms with E-state index in [4.69, 9.17) is 0 Å². The van der Waals surface area contributed by atoms with Crippen LogP contribution in [0.25, 0.3) is 0 Å². The van der Waals surface area contributed by atoms with E-state index in [1.165, 1.54) is 18.5 Å². The Kier molecular flexibility index (Phi) is 4.10. The molecule has 0 aromatic heterocycles. The number of aliphatic hydroxyl groups excluding tert-OH is 1. The van der Waals surface area contributed by atoms with Crippen LogP contribution >= 0.6 is 15.9 Å². The average Bonchev–Trinajstić information content (AvgIpc) is 2.29. The van der Waals surface area contributed by atoms with Crippen molar-refractivity contribution in [3.63, 3.8) is 0 Å². The van der Waals surface area contributed by atoms with E-state index in [1.807, 2.05) is 19.1 Å². The Morgan fingerprint density at radius 1 is 1.35 bits per heavy atom. The van der Waals surface area contributed by atoms with Crippen molar-refractivity contribution in [3.05, 3.63) is 28.2 Å². The van der Waals surface area contributed by atoms with Crippen LogP contribution in [0.15, 0.2) is 22.7 Å². The predicted octanol–water partition coefficient (Wildman–Crippen LogP) is 3.74. The van der Waals surface area contributed by atoms with Crippen LogP contribution in [0, 0.1) is 5.92 Å². The molecular weight excluding hydrogens is 278 g/mol. The molecule has 1 aromatic carbocycles. The van der Waals surface area contributed by atoms with Gasteiger partial charge in [-0.15, -0.1) is 0 Å². The van der Waals surface area contributed by atoms with Gasteiger partial charge in [-0.2, -0.15) is 0 Å². The topological polar surface area (TPSA) is 23.5 Å². The molecule has 3 heteroatoms. The minimum absolute atomic E-state index is 0.405. The Balaban J connectivity index is 2.26. The first-order chi connectivity index (χ1) is 8.08. The van der Waals surface area contributed by atoms with Gasteiger partial charge in [0.05, 0.1) is 6.10 Å². The van der Waals surface area contributed by atoms with Gasteiger partial charge >= 0.3 is 0 Å². The lowest BCUT2D eigenvalue weighted by Crippen LogP contribution is -2.33. The summed E-state index contributed by atoms with van der Waals surface area (Å²) in [7, 11) is 0. The first kappa shape index (κ1) is 12.9. The zero-order chi connectivity index (χ0) is 12.4. The van der Waals surface area contributed by atoms with Crippen LogP contribution in [0.1, 0.15) is 38.4 Å². The van der Waals surface area contributed by atoms with E-state index in [2.05, 4.69) is 33.8 Å². The van der Waals surface area contributed by atoms with Crippen LogP contribution in [0.4, 0.5) is 5.69 Å². The summed E-state index contributed by atoms with van der Waals surface area (Å²) in [5.74, 6) is 0.827. The van der Waals surface area contributed by atoms with Crippen molar-refractivity contribution in [2.45, 2.75) is 32.8 Å². The molecular formula is C14H20BrNO. The smallest absolute Gasteiger partial charge is 0.0782 e. The van der Waals surface area contributed by atoms with Crippen LogP contribution in [-0.2, 0) is 0 Å². The summed E-state index contributed by atoms with van der Waals surface area (Å²) in [4.78, 5) is 2.40. The molecule has 1 heterocycles. The van der Waals surface area contributed by atoms with Crippen molar-refractivity contribution >= 4 is 21.6 Å². The summed E-state index contributed by atoms with van der Waals surface area (Å²) in [5, 5.41) is 9.84. The number of nitrogens with zero attached hydrogens (tertiary/aromatic N) is 1. The van der Waals surface area contributed by atoms with Crippen molar-refractivity contribution in [1.29, 1.82) is 0 Å². The molecule has 17 heavy (non-hydrogen) atoms. The van der Waals surface area contributed by atoms with E-state index >= 15 is 0 Å². The van der Waals surface area contributed by atoms with Gasteiger partial charge in [0.15, 0.2) is 0 Å². The summed E-state index contributed by atoms with van der Waals surface area (Å²) in [5.41, 5.74) is 2.21. The number of halogens is 1. The Hall–Kier alpha value is -0.540. The molecule has 1 aromatic rings. The van der Waals surface area contributed by atoms with Gasteiger partial charge in [-0.05, 0) is 37.8 Å². The molecule has 0 spiro atoms. The third-order valence-corrected chi connectivity index (χ3v) is 4.06. The van der Waals surface area contributed by atoms with Crippen LogP contribution in [-0.4, -0.2) is 18.2 Å². The molecule has 1 saturated heterocycles. The van der Waals surface area contributed by atoms with Crippen molar-refractivity contribution in [1.82, 2.24) is 0 Å². The number of rotatable bonds is 2. The van der Waals surface area contributed by atoms with Crippen LogP contribution in [0.2, 0.25) is 0 Å². The highest BCUT2D eigenvalue weighted by Crippen LogP contribution is 2.32. The second-order valence-electron chi connectivity index (χ2n) is 5.05. The first-order valence-electron chi connectivity index (χ1n) is 6.30. The molecule has 0 bridgehead atoms. The maximum atomic E-state index is 9.84. The molecule has 0 saturated carbocycles. The highest BCUT2D eigenvalue weighted by atomic mass is 79.9. The molecule has 1 fully saturated rings. The third-order valence-electron chi connectivity index (χ3n) is 3.57. The molecule has 1 N–H and O–H groups in total. The molecule has 2 nitrogen and oxygen atoms in total. The van der Waals surface area contributed by atoms with E-state index < -0.39 is 6.10 Å². The highest BCUT2D eigenvalue weighted by Gasteiger charge is 2.19. The fourth-order valence-corrected chi connectivity index (χ4v) is 2.74. The summed E-state index contributed by atoms with van der Waals surface area (Å²) in [6.45, 7) is 6.34. The molecule has 0 aliphatic carbocycles. The molecule has 1 aliphatic rings. The average molecular weight is 298 g/mol. The quantitative estimate of drug-likeness (QED) is 0.899. The van der Waals surface area contributed by atoms with Gasteiger partial charge < -0.3 is 10.0 Å². The third kappa shape index (κ3) is 3.02. The lowest BCUT2D eigenvalue weighted by molar-refractivity contribution is 0.199. The Morgan fingerprint density at radius 2 is 2.00 bits per heavy atom.